The molecule has 0 radical (unpaired) electrons. The van der Waals surface area contributed by atoms with Crippen LogP contribution >= 0.6 is 0 Å². The average Bonchev–Trinajstić information content (AvgIpc) is 2.83. The third-order valence-electron chi connectivity index (χ3n) is 6.52. The van der Waals surface area contributed by atoms with Crippen LogP contribution in [0, 0.1) is 5.92 Å². The number of likely N-dealkylation sites (tertiary alicyclic amines) is 1. The van der Waals surface area contributed by atoms with Gasteiger partial charge in [-0.15, -0.1) is 0 Å². The summed E-state index contributed by atoms with van der Waals surface area (Å²) in [6.45, 7) is 4.84. The molecule has 1 fully saturated rings. The summed E-state index contributed by atoms with van der Waals surface area (Å²) in [7, 11) is -3.72. The molecule has 0 saturated carbocycles. The number of nitrogens with zero attached hydrogens (tertiary/aromatic N) is 1. The van der Waals surface area contributed by atoms with E-state index >= 15 is 0 Å². The zero-order chi connectivity index (χ0) is 24.3. The standard InChI is InChI=1S/C26H33N3O4S/c1-18(2)27-25(30)22-8-5-15-29(17-22)26(31)20-9-12-23(13-10-20)28-34(32,33)24-14-11-19-6-3-4-7-21(19)16-24/h9-14,16,18,22,28H,3-8,15,17H2,1-2H3,(H,27,30)/t22-/m1/s1. The molecule has 1 heterocycles. The third-order valence-corrected chi connectivity index (χ3v) is 7.90. The van der Waals surface area contributed by atoms with Crippen molar-refractivity contribution < 1.29 is 18.0 Å². The van der Waals surface area contributed by atoms with Crippen LogP contribution in [0.1, 0.15) is 61.0 Å². The molecular formula is C26H33N3O4S. The van der Waals surface area contributed by atoms with Gasteiger partial charge >= 0.3 is 0 Å². The van der Waals surface area contributed by atoms with Crippen LogP contribution < -0.4 is 10.0 Å². The molecule has 2 aromatic rings. The third kappa shape index (κ3) is 5.60. The highest BCUT2D eigenvalue weighted by atomic mass is 32.2. The number of sulfonamides is 1. The normalized spacial score (nSPS) is 18.3. The van der Waals surface area contributed by atoms with Gasteiger partial charge in [0.1, 0.15) is 0 Å². The molecule has 4 rings (SSSR count). The fraction of sp³-hybridized carbons (Fsp3) is 0.462. The molecule has 2 aromatic carbocycles. The zero-order valence-corrected chi connectivity index (χ0v) is 20.7. The summed E-state index contributed by atoms with van der Waals surface area (Å²) in [5.41, 5.74) is 3.22. The topological polar surface area (TPSA) is 95.6 Å². The number of nitrogens with one attached hydrogen (secondary N) is 2. The molecule has 1 saturated heterocycles. The fourth-order valence-electron chi connectivity index (χ4n) is 4.73. The minimum Gasteiger partial charge on any atom is -0.354 e. The summed E-state index contributed by atoms with van der Waals surface area (Å²) >= 11 is 0. The van der Waals surface area contributed by atoms with E-state index in [1.54, 1.807) is 41.3 Å². The van der Waals surface area contributed by atoms with E-state index in [2.05, 4.69) is 10.0 Å². The Morgan fingerprint density at radius 2 is 1.68 bits per heavy atom. The maximum atomic E-state index is 13.0. The van der Waals surface area contributed by atoms with E-state index in [0.717, 1.165) is 44.1 Å². The summed E-state index contributed by atoms with van der Waals surface area (Å²) in [5.74, 6) is -0.367. The molecule has 34 heavy (non-hydrogen) atoms. The second-order valence-corrected chi connectivity index (χ2v) is 11.3. The fourth-order valence-corrected chi connectivity index (χ4v) is 5.84. The number of anilines is 1. The van der Waals surface area contributed by atoms with Crippen LogP contribution in [0.3, 0.4) is 0 Å². The summed E-state index contributed by atoms with van der Waals surface area (Å²) in [6.07, 6.45) is 5.68. The Morgan fingerprint density at radius 1 is 0.971 bits per heavy atom. The summed E-state index contributed by atoms with van der Waals surface area (Å²) in [5, 5.41) is 2.93. The van der Waals surface area contributed by atoms with Gasteiger partial charge in [0.15, 0.2) is 0 Å². The molecule has 8 heteroatoms. The number of fused-ring (bicyclic) bond motifs is 1. The van der Waals surface area contributed by atoms with E-state index in [9.17, 15) is 18.0 Å². The monoisotopic (exact) mass is 483 g/mol. The molecule has 0 aromatic heterocycles. The van der Waals surface area contributed by atoms with E-state index in [1.807, 2.05) is 19.9 Å². The highest BCUT2D eigenvalue weighted by Gasteiger charge is 2.29. The number of hydrogen-bond acceptors (Lipinski definition) is 4. The van der Waals surface area contributed by atoms with Crippen molar-refractivity contribution in [3.63, 3.8) is 0 Å². The lowest BCUT2D eigenvalue weighted by Gasteiger charge is -2.32. The van der Waals surface area contributed by atoms with Crippen LogP contribution in [-0.2, 0) is 27.7 Å². The van der Waals surface area contributed by atoms with Crippen LogP contribution in [0.15, 0.2) is 47.4 Å². The van der Waals surface area contributed by atoms with Gasteiger partial charge < -0.3 is 10.2 Å². The van der Waals surface area contributed by atoms with E-state index in [-0.39, 0.29) is 28.7 Å². The Labute approximate surface area is 202 Å². The SMILES string of the molecule is CC(C)NC(=O)[C@@H]1CCCN(C(=O)c2ccc(NS(=O)(=O)c3ccc4c(c3)CCCC4)cc2)C1. The van der Waals surface area contributed by atoms with Crippen molar-refractivity contribution in [1.82, 2.24) is 10.2 Å². The van der Waals surface area contributed by atoms with Crippen molar-refractivity contribution in [2.75, 3.05) is 17.8 Å². The van der Waals surface area contributed by atoms with Crippen molar-refractivity contribution in [1.29, 1.82) is 0 Å². The van der Waals surface area contributed by atoms with E-state index in [4.69, 9.17) is 0 Å². The Kier molecular flexibility index (Phi) is 7.26. The minimum atomic E-state index is -3.72. The smallest absolute Gasteiger partial charge is 0.261 e. The van der Waals surface area contributed by atoms with Gasteiger partial charge in [-0.1, -0.05) is 6.07 Å². The lowest BCUT2D eigenvalue weighted by atomic mass is 9.92. The lowest BCUT2D eigenvalue weighted by molar-refractivity contribution is -0.126. The van der Waals surface area contributed by atoms with Crippen LogP contribution in [0.4, 0.5) is 5.69 Å². The number of amides is 2. The van der Waals surface area contributed by atoms with Gasteiger partial charge in [0.2, 0.25) is 5.91 Å². The van der Waals surface area contributed by atoms with Gasteiger partial charge in [-0.25, -0.2) is 8.42 Å². The molecular weight excluding hydrogens is 450 g/mol. The Bertz CT molecular complexity index is 1160. The summed E-state index contributed by atoms with van der Waals surface area (Å²) in [4.78, 5) is 27.3. The zero-order valence-electron chi connectivity index (χ0n) is 19.8. The first-order valence-electron chi connectivity index (χ1n) is 12.1. The van der Waals surface area contributed by atoms with Gasteiger partial charge in [-0.3, -0.25) is 14.3 Å². The number of rotatable bonds is 6. The van der Waals surface area contributed by atoms with Crippen molar-refractivity contribution in [2.24, 2.45) is 5.92 Å². The highest BCUT2D eigenvalue weighted by Crippen LogP contribution is 2.26. The van der Waals surface area contributed by atoms with E-state index in [1.165, 1.54) is 5.56 Å². The molecule has 7 nitrogen and oxygen atoms in total. The summed E-state index contributed by atoms with van der Waals surface area (Å²) < 4.78 is 28.4. The van der Waals surface area contributed by atoms with Crippen molar-refractivity contribution in [2.45, 2.75) is 63.3 Å². The Morgan fingerprint density at radius 3 is 2.38 bits per heavy atom. The quantitative estimate of drug-likeness (QED) is 0.654. The van der Waals surface area contributed by atoms with Gasteiger partial charge in [0.25, 0.3) is 15.9 Å². The number of benzene rings is 2. The predicted octanol–water partition coefficient (Wildman–Crippen LogP) is 3.74. The molecule has 2 aliphatic rings. The number of aryl methyl sites for hydroxylation is 2. The van der Waals surface area contributed by atoms with Crippen molar-refractivity contribution >= 4 is 27.5 Å². The number of carbonyl (C=O) groups excluding carboxylic acids is 2. The van der Waals surface area contributed by atoms with Crippen LogP contribution in [-0.4, -0.2) is 44.3 Å². The predicted molar refractivity (Wildman–Crippen MR) is 132 cm³/mol. The van der Waals surface area contributed by atoms with Crippen LogP contribution in [0.25, 0.3) is 0 Å². The summed E-state index contributed by atoms with van der Waals surface area (Å²) in [6, 6.07) is 11.9. The van der Waals surface area contributed by atoms with Gasteiger partial charge in [-0.05, 0) is 99.9 Å². The van der Waals surface area contributed by atoms with Gasteiger partial charge in [-0.2, -0.15) is 0 Å². The minimum absolute atomic E-state index is 0.0144. The molecule has 1 aliphatic carbocycles. The first-order valence-corrected chi connectivity index (χ1v) is 13.6. The second kappa shape index (κ2) is 10.2. The average molecular weight is 484 g/mol. The second-order valence-electron chi connectivity index (χ2n) is 9.57. The van der Waals surface area contributed by atoms with E-state index in [0.29, 0.717) is 24.3 Å². The maximum absolute atomic E-state index is 13.0. The number of carbonyl (C=O) groups is 2. The molecule has 0 spiro atoms. The Balaban J connectivity index is 1.41. The first-order chi connectivity index (χ1) is 16.2. The van der Waals surface area contributed by atoms with Crippen molar-refractivity contribution in [3.8, 4) is 0 Å². The van der Waals surface area contributed by atoms with Crippen molar-refractivity contribution in [3.05, 3.63) is 59.2 Å². The number of piperidine rings is 1. The van der Waals surface area contributed by atoms with Gasteiger partial charge in [0.05, 0.1) is 10.8 Å². The first kappa shape index (κ1) is 24.3. The van der Waals surface area contributed by atoms with E-state index < -0.39 is 10.0 Å². The molecule has 1 atom stereocenters. The Hall–Kier alpha value is -2.87. The van der Waals surface area contributed by atoms with Gasteiger partial charge in [0, 0.05) is 30.4 Å². The molecule has 1 aliphatic heterocycles. The lowest BCUT2D eigenvalue weighted by Crippen LogP contribution is -2.46. The molecule has 2 amide bonds. The molecule has 182 valence electrons. The molecule has 0 unspecified atom stereocenters. The highest BCUT2D eigenvalue weighted by molar-refractivity contribution is 7.92. The van der Waals surface area contributed by atoms with Crippen LogP contribution in [0.5, 0.6) is 0 Å². The molecule has 2 N–H and O–H groups in total. The number of hydrogen-bond donors (Lipinski definition) is 2. The maximum Gasteiger partial charge on any atom is 0.261 e. The largest absolute Gasteiger partial charge is 0.354 e. The van der Waals surface area contributed by atoms with Crippen LogP contribution in [0.2, 0.25) is 0 Å². The molecule has 0 bridgehead atoms.